The molecule has 1 saturated carbocycles. The quantitative estimate of drug-likeness (QED) is 0.262. The molecule has 1 rings (SSSR count). The van der Waals surface area contributed by atoms with Crippen molar-refractivity contribution in [2.24, 2.45) is 17.8 Å². The molecule has 0 heterocycles. The second kappa shape index (κ2) is 15.5. The molecule has 0 unspecified atom stereocenters. The number of ether oxygens (including phenoxy) is 3. The van der Waals surface area contributed by atoms with E-state index in [4.69, 9.17) is 14.2 Å². The molecular formula is C24H36O6. The highest BCUT2D eigenvalue weighted by molar-refractivity contribution is 5.82. The molecular weight excluding hydrogens is 384 g/mol. The Bertz CT molecular complexity index is 528. The molecule has 30 heavy (non-hydrogen) atoms. The number of carbonyl (C=O) groups excluding carboxylic acids is 3. The number of hydrogen-bond donors (Lipinski definition) is 0. The minimum Gasteiger partial charge on any atom is -0.463 e. The number of rotatable bonds is 12. The van der Waals surface area contributed by atoms with E-state index in [0.29, 0.717) is 37.6 Å². The summed E-state index contributed by atoms with van der Waals surface area (Å²) >= 11 is 0. The van der Waals surface area contributed by atoms with Crippen molar-refractivity contribution in [1.29, 1.82) is 0 Å². The van der Waals surface area contributed by atoms with Gasteiger partial charge in [-0.3, -0.25) is 0 Å². The molecule has 0 spiro atoms. The first-order valence-electron chi connectivity index (χ1n) is 10.9. The Morgan fingerprint density at radius 2 is 0.867 bits per heavy atom. The third-order valence-electron chi connectivity index (χ3n) is 5.22. The first-order valence-corrected chi connectivity index (χ1v) is 10.9. The van der Waals surface area contributed by atoms with Crippen molar-refractivity contribution >= 4 is 17.9 Å². The summed E-state index contributed by atoms with van der Waals surface area (Å²) in [5.41, 5.74) is 0. The maximum Gasteiger partial charge on any atom is 0.330 e. The maximum atomic E-state index is 11.5. The van der Waals surface area contributed by atoms with E-state index < -0.39 is 0 Å². The van der Waals surface area contributed by atoms with E-state index in [1.807, 2.05) is 0 Å². The Morgan fingerprint density at radius 1 is 0.600 bits per heavy atom. The molecule has 0 N–H and O–H groups in total. The minimum absolute atomic E-state index is 0.312. The van der Waals surface area contributed by atoms with Gasteiger partial charge in [0.1, 0.15) is 0 Å². The molecule has 0 amide bonds. The van der Waals surface area contributed by atoms with Crippen LogP contribution in [-0.2, 0) is 28.6 Å². The smallest absolute Gasteiger partial charge is 0.330 e. The standard InChI is InChI=1S/C24H36O6/c1-4-7-22(25)28-13-10-19-16-20(11-14-29-23(26)8-5-2)18-21(17-19)12-15-30-24(27)9-6-3/h4-9,19-21H,10-18H2,1-3H3. The van der Waals surface area contributed by atoms with Gasteiger partial charge in [0, 0.05) is 18.2 Å². The lowest BCUT2D eigenvalue weighted by Crippen LogP contribution is -2.26. The van der Waals surface area contributed by atoms with Crippen LogP contribution in [0.25, 0.3) is 0 Å². The molecule has 0 aliphatic heterocycles. The van der Waals surface area contributed by atoms with E-state index in [1.165, 1.54) is 18.2 Å². The van der Waals surface area contributed by atoms with Gasteiger partial charge in [-0.2, -0.15) is 0 Å². The molecule has 168 valence electrons. The van der Waals surface area contributed by atoms with Crippen LogP contribution in [0.2, 0.25) is 0 Å². The second-order valence-corrected chi connectivity index (χ2v) is 7.67. The van der Waals surface area contributed by atoms with Crippen molar-refractivity contribution in [3.05, 3.63) is 36.5 Å². The van der Waals surface area contributed by atoms with Crippen molar-refractivity contribution in [1.82, 2.24) is 0 Å². The van der Waals surface area contributed by atoms with E-state index in [1.54, 1.807) is 39.0 Å². The average molecular weight is 421 g/mol. The van der Waals surface area contributed by atoms with Gasteiger partial charge in [-0.15, -0.1) is 0 Å². The van der Waals surface area contributed by atoms with Gasteiger partial charge in [-0.1, -0.05) is 18.2 Å². The van der Waals surface area contributed by atoms with Crippen LogP contribution in [0.15, 0.2) is 36.5 Å². The van der Waals surface area contributed by atoms with Crippen LogP contribution in [0, 0.1) is 17.8 Å². The minimum atomic E-state index is -0.312. The van der Waals surface area contributed by atoms with E-state index in [9.17, 15) is 14.4 Å². The van der Waals surface area contributed by atoms with Gasteiger partial charge in [-0.25, -0.2) is 14.4 Å². The predicted molar refractivity (Wildman–Crippen MR) is 115 cm³/mol. The van der Waals surface area contributed by atoms with Gasteiger partial charge in [0.15, 0.2) is 0 Å². The average Bonchev–Trinajstić information content (AvgIpc) is 2.68. The molecule has 0 atom stereocenters. The molecule has 0 aromatic rings. The summed E-state index contributed by atoms with van der Waals surface area (Å²) in [5.74, 6) is 0.369. The lowest BCUT2D eigenvalue weighted by molar-refractivity contribution is -0.138. The van der Waals surface area contributed by atoms with Crippen molar-refractivity contribution in [2.75, 3.05) is 19.8 Å². The first kappa shape index (κ1) is 25.7. The molecule has 0 aromatic heterocycles. The van der Waals surface area contributed by atoms with Gasteiger partial charge >= 0.3 is 17.9 Å². The summed E-state index contributed by atoms with van der Waals surface area (Å²) in [5, 5.41) is 0. The molecule has 1 aliphatic rings. The fourth-order valence-electron chi connectivity index (χ4n) is 3.94. The molecule has 0 saturated heterocycles. The number of hydrogen-bond acceptors (Lipinski definition) is 6. The van der Waals surface area contributed by atoms with Crippen molar-refractivity contribution in [2.45, 2.75) is 59.3 Å². The highest BCUT2D eigenvalue weighted by Gasteiger charge is 2.29. The van der Waals surface area contributed by atoms with Gasteiger partial charge < -0.3 is 14.2 Å². The summed E-state index contributed by atoms with van der Waals surface area (Å²) < 4.78 is 15.8. The Hall–Kier alpha value is -2.37. The van der Waals surface area contributed by atoms with Crippen LogP contribution in [0.1, 0.15) is 59.3 Å². The first-order chi connectivity index (χ1) is 14.5. The fourth-order valence-corrected chi connectivity index (χ4v) is 3.94. The molecule has 0 bridgehead atoms. The van der Waals surface area contributed by atoms with Gasteiger partial charge in [0.2, 0.25) is 0 Å². The number of allylic oxidation sites excluding steroid dienone is 3. The van der Waals surface area contributed by atoms with Crippen LogP contribution in [0.3, 0.4) is 0 Å². The Morgan fingerprint density at radius 3 is 1.10 bits per heavy atom. The molecule has 0 radical (unpaired) electrons. The Labute approximate surface area is 180 Å². The predicted octanol–water partition coefficient (Wildman–Crippen LogP) is 4.55. The van der Waals surface area contributed by atoms with E-state index in [2.05, 4.69) is 0 Å². The molecule has 1 aliphatic carbocycles. The normalized spacial score (nSPS) is 21.9. The number of carbonyl (C=O) groups is 3. The number of esters is 3. The zero-order valence-corrected chi connectivity index (χ0v) is 18.5. The molecule has 6 nitrogen and oxygen atoms in total. The van der Waals surface area contributed by atoms with Crippen LogP contribution in [-0.4, -0.2) is 37.7 Å². The lowest BCUT2D eigenvalue weighted by atomic mass is 9.72. The van der Waals surface area contributed by atoms with Crippen molar-refractivity contribution in [3.63, 3.8) is 0 Å². The second-order valence-electron chi connectivity index (χ2n) is 7.67. The fraction of sp³-hybridized carbons (Fsp3) is 0.625. The highest BCUT2D eigenvalue weighted by atomic mass is 16.5. The molecule has 0 aromatic carbocycles. The largest absolute Gasteiger partial charge is 0.463 e. The van der Waals surface area contributed by atoms with E-state index in [-0.39, 0.29) is 17.9 Å². The topological polar surface area (TPSA) is 78.9 Å². The third-order valence-corrected chi connectivity index (χ3v) is 5.22. The maximum absolute atomic E-state index is 11.5. The highest BCUT2D eigenvalue weighted by Crippen LogP contribution is 2.38. The monoisotopic (exact) mass is 420 g/mol. The van der Waals surface area contributed by atoms with Gasteiger partial charge in [-0.05, 0) is 77.0 Å². The van der Waals surface area contributed by atoms with Crippen molar-refractivity contribution < 1.29 is 28.6 Å². The van der Waals surface area contributed by atoms with Crippen LogP contribution in [0.5, 0.6) is 0 Å². The van der Waals surface area contributed by atoms with Crippen LogP contribution in [0.4, 0.5) is 0 Å². The van der Waals surface area contributed by atoms with Gasteiger partial charge in [0.05, 0.1) is 19.8 Å². The van der Waals surface area contributed by atoms with Crippen molar-refractivity contribution in [3.8, 4) is 0 Å². The third kappa shape index (κ3) is 11.6. The summed E-state index contributed by atoms with van der Waals surface area (Å²) in [7, 11) is 0. The van der Waals surface area contributed by atoms with E-state index >= 15 is 0 Å². The lowest BCUT2D eigenvalue weighted by Gasteiger charge is -2.35. The summed E-state index contributed by atoms with van der Waals surface area (Å²) in [4.78, 5) is 34.5. The molecule has 1 fully saturated rings. The zero-order valence-electron chi connectivity index (χ0n) is 18.5. The Kier molecular flexibility index (Phi) is 13.2. The summed E-state index contributed by atoms with van der Waals surface area (Å²) in [6, 6.07) is 0. The Balaban J connectivity index is 2.53. The van der Waals surface area contributed by atoms with Gasteiger partial charge in [0.25, 0.3) is 0 Å². The summed E-state index contributed by atoms with van der Waals surface area (Å²) in [6.07, 6.45) is 14.8. The van der Waals surface area contributed by atoms with E-state index in [0.717, 1.165) is 38.5 Å². The zero-order chi connectivity index (χ0) is 22.2. The SMILES string of the molecule is CC=CC(=O)OCCC1CC(CCOC(=O)C=CC)CC(CCOC(=O)C=CC)C1. The van der Waals surface area contributed by atoms with Crippen LogP contribution >= 0.6 is 0 Å². The van der Waals surface area contributed by atoms with Crippen LogP contribution < -0.4 is 0 Å². The summed E-state index contributed by atoms with van der Waals surface area (Å²) in [6.45, 7) is 6.55. The molecule has 6 heteroatoms.